The zero-order valence-electron chi connectivity index (χ0n) is 43.1. The predicted octanol–water partition coefficient (Wildman–Crippen LogP) is 19.4. The number of nitrogens with zero attached hydrogens (tertiary/aromatic N) is 2. The number of fused-ring (bicyclic) bond motifs is 12. The molecule has 0 unspecified atom stereocenters. The van der Waals surface area contributed by atoms with Crippen LogP contribution >= 0.6 is 0 Å². The van der Waals surface area contributed by atoms with Crippen molar-refractivity contribution in [3.8, 4) is 55.9 Å². The van der Waals surface area contributed by atoms with Crippen LogP contribution in [0.5, 0.6) is 0 Å². The molecule has 0 bridgehead atoms. The lowest BCUT2D eigenvalue weighted by atomic mass is 9.79. The minimum Gasteiger partial charge on any atom is -0.309 e. The molecule has 0 fully saturated rings. The van der Waals surface area contributed by atoms with Gasteiger partial charge in [0.25, 0.3) is 0 Å². The highest BCUT2D eigenvalue weighted by molar-refractivity contribution is 6.12. The van der Waals surface area contributed by atoms with Crippen molar-refractivity contribution in [1.29, 1.82) is 0 Å². The van der Waals surface area contributed by atoms with Gasteiger partial charge in [0, 0.05) is 43.7 Å². The van der Waals surface area contributed by atoms with E-state index in [1.54, 1.807) is 0 Å². The van der Waals surface area contributed by atoms with E-state index in [1.165, 1.54) is 144 Å². The van der Waals surface area contributed by atoms with Gasteiger partial charge in [-0.3, -0.25) is 0 Å². The molecule has 2 heteroatoms. The summed E-state index contributed by atoms with van der Waals surface area (Å²) in [4.78, 5) is 0. The van der Waals surface area contributed by atoms with Gasteiger partial charge in [-0.05, 0) is 180 Å². The number of aromatic nitrogens is 2. The van der Waals surface area contributed by atoms with Crippen LogP contribution in [0.4, 0.5) is 0 Å². The molecule has 0 saturated heterocycles. The molecule has 0 atom stereocenters. The molecule has 2 nitrogen and oxygen atoms in total. The fourth-order valence-electron chi connectivity index (χ4n) is 13.2. The largest absolute Gasteiger partial charge is 0.309 e. The highest BCUT2D eigenvalue weighted by Gasteiger charge is 2.42. The second kappa shape index (κ2) is 16.6. The van der Waals surface area contributed by atoms with E-state index < -0.39 is 0 Å². The van der Waals surface area contributed by atoms with E-state index in [0.717, 1.165) is 0 Å². The molecule has 0 N–H and O–H groups in total. The van der Waals surface area contributed by atoms with Crippen molar-refractivity contribution in [3.63, 3.8) is 0 Å². The van der Waals surface area contributed by atoms with Crippen LogP contribution in [0.25, 0.3) is 111 Å². The smallest absolute Gasteiger partial charge is 0.0541 e. The van der Waals surface area contributed by atoms with E-state index in [9.17, 15) is 0 Å². The Morgan fingerprint density at radius 2 is 0.711 bits per heavy atom. The van der Waals surface area contributed by atoms with Crippen molar-refractivity contribution < 1.29 is 0 Å². The van der Waals surface area contributed by atoms with Gasteiger partial charge < -0.3 is 9.13 Å². The Balaban J connectivity index is 0.748. The number of benzene rings is 11. The lowest BCUT2D eigenvalue weighted by Crippen LogP contribution is -2.17. The molecule has 2 heterocycles. The average Bonchev–Trinajstić information content (AvgIpc) is 4.20. The SMILES string of the molecule is CC1(C)c2cc(-c3ccc(C=C(c4ccccc4)c4ccc5c(c4)c4ccccc4n5-c4ccccc4)cc3)ccc2-c2cc3c(cc21)-c1ccc(-c2ccc4c(c2)c2ccccc2n4-c2ccccc2)cc1C3(C)C. The van der Waals surface area contributed by atoms with Crippen molar-refractivity contribution in [2.75, 3.05) is 0 Å². The Morgan fingerprint density at radius 1 is 0.303 bits per heavy atom. The quantitative estimate of drug-likeness (QED) is 0.141. The summed E-state index contributed by atoms with van der Waals surface area (Å²) in [7, 11) is 0. The van der Waals surface area contributed by atoms with E-state index in [2.05, 4.69) is 292 Å². The molecule has 76 heavy (non-hydrogen) atoms. The molecule has 15 rings (SSSR count). The number of hydrogen-bond acceptors (Lipinski definition) is 0. The first-order valence-corrected chi connectivity index (χ1v) is 26.7. The molecule has 0 aliphatic heterocycles. The van der Waals surface area contributed by atoms with Gasteiger partial charge in [0.15, 0.2) is 0 Å². The first-order chi connectivity index (χ1) is 37.2. The van der Waals surface area contributed by atoms with Gasteiger partial charge >= 0.3 is 0 Å². The molecule has 0 saturated carbocycles. The zero-order chi connectivity index (χ0) is 50.9. The second-order valence-electron chi connectivity index (χ2n) is 22.1. The van der Waals surface area contributed by atoms with Gasteiger partial charge in [0.05, 0.1) is 22.1 Å². The molecule has 0 amide bonds. The van der Waals surface area contributed by atoms with Gasteiger partial charge in [0.1, 0.15) is 0 Å². The molecule has 0 radical (unpaired) electrons. The zero-order valence-corrected chi connectivity index (χ0v) is 43.1. The van der Waals surface area contributed by atoms with Crippen molar-refractivity contribution in [2.24, 2.45) is 0 Å². The number of rotatable bonds is 7. The molecule has 11 aromatic carbocycles. The van der Waals surface area contributed by atoms with Crippen molar-refractivity contribution in [2.45, 2.75) is 38.5 Å². The maximum absolute atomic E-state index is 2.53. The maximum Gasteiger partial charge on any atom is 0.0541 e. The second-order valence-corrected chi connectivity index (χ2v) is 22.1. The third-order valence-corrected chi connectivity index (χ3v) is 17.1. The highest BCUT2D eigenvalue weighted by atomic mass is 15.0. The highest BCUT2D eigenvalue weighted by Crippen LogP contribution is 2.57. The van der Waals surface area contributed by atoms with Crippen LogP contribution in [-0.4, -0.2) is 9.13 Å². The van der Waals surface area contributed by atoms with Gasteiger partial charge in [-0.1, -0.05) is 191 Å². The number of para-hydroxylation sites is 4. The van der Waals surface area contributed by atoms with Crippen molar-refractivity contribution >= 4 is 55.3 Å². The van der Waals surface area contributed by atoms with Crippen LogP contribution in [0, 0.1) is 0 Å². The topological polar surface area (TPSA) is 9.86 Å². The van der Waals surface area contributed by atoms with Crippen LogP contribution in [0.2, 0.25) is 0 Å². The minimum atomic E-state index is -0.168. The Morgan fingerprint density at radius 3 is 1.26 bits per heavy atom. The number of hydrogen-bond donors (Lipinski definition) is 0. The van der Waals surface area contributed by atoms with E-state index in [0.29, 0.717) is 0 Å². The normalized spacial score (nSPS) is 14.1. The first-order valence-electron chi connectivity index (χ1n) is 26.7. The Hall–Kier alpha value is -9.24. The maximum atomic E-state index is 2.53. The van der Waals surface area contributed by atoms with Gasteiger partial charge in [0.2, 0.25) is 0 Å². The van der Waals surface area contributed by atoms with E-state index in [-0.39, 0.29) is 10.8 Å². The van der Waals surface area contributed by atoms with Crippen LogP contribution in [0.15, 0.2) is 249 Å². The molecular weight excluding hydrogens is 917 g/mol. The Labute approximate surface area is 444 Å². The first kappa shape index (κ1) is 44.3. The third kappa shape index (κ3) is 6.66. The lowest BCUT2D eigenvalue weighted by Gasteiger charge is -2.24. The molecular formula is C74H54N2. The van der Waals surface area contributed by atoms with Crippen LogP contribution in [-0.2, 0) is 10.8 Å². The summed E-state index contributed by atoms with van der Waals surface area (Å²) in [5.74, 6) is 0. The van der Waals surface area contributed by atoms with Crippen LogP contribution in [0.1, 0.15) is 66.6 Å². The van der Waals surface area contributed by atoms with E-state index in [4.69, 9.17) is 0 Å². The van der Waals surface area contributed by atoms with Crippen LogP contribution in [0.3, 0.4) is 0 Å². The summed E-state index contributed by atoms with van der Waals surface area (Å²) in [5, 5.41) is 5.05. The third-order valence-electron chi connectivity index (χ3n) is 17.1. The average molecular weight is 971 g/mol. The monoisotopic (exact) mass is 970 g/mol. The van der Waals surface area contributed by atoms with E-state index >= 15 is 0 Å². The predicted molar refractivity (Wildman–Crippen MR) is 321 cm³/mol. The van der Waals surface area contributed by atoms with Crippen LogP contribution < -0.4 is 0 Å². The molecule has 0 spiro atoms. The Bertz CT molecular complexity index is 4530. The van der Waals surface area contributed by atoms with Gasteiger partial charge in [-0.25, -0.2) is 0 Å². The fraction of sp³-hybridized carbons (Fsp3) is 0.0811. The molecule has 2 aliphatic rings. The molecule has 2 aliphatic carbocycles. The lowest BCUT2D eigenvalue weighted by molar-refractivity contribution is 0.652. The summed E-state index contributed by atoms with van der Waals surface area (Å²) in [5.41, 5.74) is 27.6. The minimum absolute atomic E-state index is 0.165. The van der Waals surface area contributed by atoms with Crippen molar-refractivity contribution in [3.05, 3.63) is 288 Å². The van der Waals surface area contributed by atoms with Gasteiger partial charge in [-0.15, -0.1) is 0 Å². The standard InChI is InChI=1S/C74H54N2/c1-73(2)65-43-51(48-30-28-47(29-31-48)40-60(49-18-8-5-9-19-49)53-35-39-72-64(42-53)59-25-15-17-27-70(59)76(72)55-22-12-7-13-23-55)32-36-56(65)61-45-68-62(46-67(61)73)57-37-33-52(44-66(57)74(68,3)4)50-34-38-71-63(41-50)58-24-14-16-26-69(58)75(71)54-20-10-6-11-21-54/h5-46H,1-4H3. The van der Waals surface area contributed by atoms with E-state index in [1.807, 2.05) is 0 Å². The Kier molecular flexibility index (Phi) is 9.69. The summed E-state index contributed by atoms with van der Waals surface area (Å²) in [6.07, 6.45) is 2.35. The molecule has 13 aromatic rings. The summed E-state index contributed by atoms with van der Waals surface area (Å²) in [6.45, 7) is 9.67. The summed E-state index contributed by atoms with van der Waals surface area (Å²) < 4.78 is 4.77. The molecule has 2 aromatic heterocycles. The summed E-state index contributed by atoms with van der Waals surface area (Å²) >= 11 is 0. The van der Waals surface area contributed by atoms with Gasteiger partial charge in [-0.2, -0.15) is 0 Å². The molecule has 360 valence electrons. The van der Waals surface area contributed by atoms with Crippen molar-refractivity contribution in [1.82, 2.24) is 9.13 Å². The summed E-state index contributed by atoms with van der Waals surface area (Å²) in [6, 6.07) is 92.4. The fourth-order valence-corrected chi connectivity index (χ4v) is 13.2.